The summed E-state index contributed by atoms with van der Waals surface area (Å²) < 4.78 is 0.621. The molecule has 3 heteroatoms. The summed E-state index contributed by atoms with van der Waals surface area (Å²) >= 11 is 9.11. The summed E-state index contributed by atoms with van der Waals surface area (Å²) in [6.45, 7) is 3.99. The molecule has 0 aliphatic heterocycles. The zero-order valence-electron chi connectivity index (χ0n) is 7.09. The zero-order chi connectivity index (χ0) is 9.30. The van der Waals surface area contributed by atoms with Gasteiger partial charge in [0.1, 0.15) is 0 Å². The minimum Gasteiger partial charge on any atom is -0.399 e. The molecule has 0 spiro atoms. The van der Waals surface area contributed by atoms with Crippen LogP contribution in [0.2, 0.25) is 0 Å². The number of thiocarbonyl (C=S) groups is 1. The van der Waals surface area contributed by atoms with E-state index in [-0.39, 0.29) is 0 Å². The second-order valence-electron chi connectivity index (χ2n) is 2.76. The number of hydrogen-bond acceptors (Lipinski definition) is 2. The normalized spacial score (nSPS) is 9.92. The van der Waals surface area contributed by atoms with Crippen LogP contribution in [0.15, 0.2) is 12.1 Å². The molecule has 1 nitrogen and oxygen atoms in total. The lowest BCUT2D eigenvalue weighted by Gasteiger charge is -2.08. The molecule has 0 aliphatic rings. The Labute approximate surface area is 83.4 Å². The molecule has 0 saturated heterocycles. The standard InChI is InChI=1S/C9H11NS2/c1-5-6(2)8(10)4-3-7(5)9(11)12/h3-4H,10H2,1-2H3,(H,11,12). The van der Waals surface area contributed by atoms with E-state index in [1.165, 1.54) is 0 Å². The topological polar surface area (TPSA) is 26.0 Å². The summed E-state index contributed by atoms with van der Waals surface area (Å²) in [4.78, 5) is 0. The molecule has 0 atom stereocenters. The fourth-order valence-corrected chi connectivity index (χ4v) is 1.54. The average Bonchev–Trinajstić information content (AvgIpc) is 2.00. The van der Waals surface area contributed by atoms with Crippen LogP contribution >= 0.6 is 24.8 Å². The number of nitrogens with two attached hydrogens (primary N) is 1. The van der Waals surface area contributed by atoms with Gasteiger partial charge < -0.3 is 5.73 Å². The molecule has 0 aromatic heterocycles. The Hall–Kier alpha value is -0.540. The van der Waals surface area contributed by atoms with Gasteiger partial charge in [0.05, 0.1) is 4.20 Å². The highest BCUT2D eigenvalue weighted by Crippen LogP contribution is 2.20. The molecule has 0 radical (unpaired) electrons. The van der Waals surface area contributed by atoms with Gasteiger partial charge in [-0.1, -0.05) is 18.3 Å². The first kappa shape index (κ1) is 9.55. The third-order valence-corrected chi connectivity index (χ3v) is 2.52. The average molecular weight is 197 g/mol. The fraction of sp³-hybridized carbons (Fsp3) is 0.222. The smallest absolute Gasteiger partial charge is 0.0750 e. The van der Waals surface area contributed by atoms with Crippen LogP contribution in [-0.4, -0.2) is 4.20 Å². The maximum Gasteiger partial charge on any atom is 0.0750 e. The van der Waals surface area contributed by atoms with Crippen molar-refractivity contribution in [2.24, 2.45) is 0 Å². The Morgan fingerprint density at radius 2 is 1.92 bits per heavy atom. The maximum absolute atomic E-state index is 5.72. The number of nitrogen functional groups attached to an aromatic ring is 1. The first-order valence-electron chi connectivity index (χ1n) is 3.63. The number of benzene rings is 1. The van der Waals surface area contributed by atoms with Gasteiger partial charge in [-0.3, -0.25) is 0 Å². The molecule has 64 valence electrons. The van der Waals surface area contributed by atoms with Crippen molar-refractivity contribution >= 4 is 34.7 Å². The van der Waals surface area contributed by atoms with Gasteiger partial charge >= 0.3 is 0 Å². The fourth-order valence-electron chi connectivity index (χ4n) is 1.07. The lowest BCUT2D eigenvalue weighted by atomic mass is 10.0. The summed E-state index contributed by atoms with van der Waals surface area (Å²) in [7, 11) is 0. The largest absolute Gasteiger partial charge is 0.399 e. The first-order valence-corrected chi connectivity index (χ1v) is 4.48. The molecular formula is C9H11NS2. The molecule has 12 heavy (non-hydrogen) atoms. The van der Waals surface area contributed by atoms with E-state index in [4.69, 9.17) is 18.0 Å². The summed E-state index contributed by atoms with van der Waals surface area (Å²) in [5.74, 6) is 0. The molecular weight excluding hydrogens is 186 g/mol. The van der Waals surface area contributed by atoms with Crippen LogP contribution in [0.3, 0.4) is 0 Å². The van der Waals surface area contributed by atoms with E-state index in [9.17, 15) is 0 Å². The van der Waals surface area contributed by atoms with Gasteiger partial charge in [0, 0.05) is 11.3 Å². The van der Waals surface area contributed by atoms with Gasteiger partial charge in [0.25, 0.3) is 0 Å². The molecule has 0 aliphatic carbocycles. The van der Waals surface area contributed by atoms with Crippen molar-refractivity contribution in [3.8, 4) is 0 Å². The van der Waals surface area contributed by atoms with E-state index < -0.39 is 0 Å². The molecule has 0 amide bonds. The Bertz CT molecular complexity index is 332. The molecule has 0 heterocycles. The highest BCUT2D eigenvalue weighted by molar-refractivity contribution is 8.11. The van der Waals surface area contributed by atoms with Crippen molar-refractivity contribution in [2.75, 3.05) is 5.73 Å². The van der Waals surface area contributed by atoms with Gasteiger partial charge in [-0.05, 0) is 31.0 Å². The Balaban J connectivity index is 3.36. The zero-order valence-corrected chi connectivity index (χ0v) is 8.80. The van der Waals surface area contributed by atoms with Crippen molar-refractivity contribution in [3.05, 3.63) is 28.8 Å². The quantitative estimate of drug-likeness (QED) is 0.411. The molecule has 1 aromatic carbocycles. The van der Waals surface area contributed by atoms with Crippen molar-refractivity contribution in [2.45, 2.75) is 13.8 Å². The van der Waals surface area contributed by atoms with E-state index >= 15 is 0 Å². The minimum atomic E-state index is 0.621. The van der Waals surface area contributed by atoms with Crippen molar-refractivity contribution in [1.82, 2.24) is 0 Å². The van der Waals surface area contributed by atoms with Crippen molar-refractivity contribution in [3.63, 3.8) is 0 Å². The first-order chi connectivity index (χ1) is 5.54. The number of hydrogen-bond donors (Lipinski definition) is 2. The van der Waals surface area contributed by atoms with E-state index in [0.29, 0.717) is 4.20 Å². The number of rotatable bonds is 1. The lowest BCUT2D eigenvalue weighted by molar-refractivity contribution is 1.34. The van der Waals surface area contributed by atoms with Crippen LogP contribution in [0.4, 0.5) is 5.69 Å². The van der Waals surface area contributed by atoms with Gasteiger partial charge in [-0.25, -0.2) is 0 Å². The molecule has 2 N–H and O–H groups in total. The molecule has 1 aromatic rings. The lowest BCUT2D eigenvalue weighted by Crippen LogP contribution is -1.98. The SMILES string of the molecule is Cc1c(N)ccc(C(=S)S)c1C. The Kier molecular flexibility index (Phi) is 2.75. The minimum absolute atomic E-state index is 0.621. The van der Waals surface area contributed by atoms with E-state index in [1.807, 2.05) is 26.0 Å². The number of thiol groups is 1. The van der Waals surface area contributed by atoms with E-state index in [2.05, 4.69) is 12.6 Å². The number of anilines is 1. The third-order valence-electron chi connectivity index (χ3n) is 2.06. The van der Waals surface area contributed by atoms with Crippen LogP contribution in [0.1, 0.15) is 16.7 Å². The van der Waals surface area contributed by atoms with Crippen molar-refractivity contribution in [1.29, 1.82) is 0 Å². The van der Waals surface area contributed by atoms with Crippen LogP contribution < -0.4 is 5.73 Å². The third kappa shape index (κ3) is 1.62. The van der Waals surface area contributed by atoms with Crippen LogP contribution in [-0.2, 0) is 0 Å². The van der Waals surface area contributed by atoms with Gasteiger partial charge in [0.15, 0.2) is 0 Å². The molecule has 0 saturated carbocycles. The van der Waals surface area contributed by atoms with Crippen LogP contribution in [0.25, 0.3) is 0 Å². The molecule has 0 fully saturated rings. The second-order valence-corrected chi connectivity index (χ2v) is 3.92. The second kappa shape index (κ2) is 3.46. The van der Waals surface area contributed by atoms with Crippen molar-refractivity contribution < 1.29 is 0 Å². The summed E-state index contributed by atoms with van der Waals surface area (Å²) in [6.07, 6.45) is 0. The predicted molar refractivity (Wildman–Crippen MR) is 61.0 cm³/mol. The van der Waals surface area contributed by atoms with Gasteiger partial charge in [-0.15, -0.1) is 12.6 Å². The summed E-state index contributed by atoms with van der Waals surface area (Å²) in [5.41, 5.74) is 9.74. The maximum atomic E-state index is 5.72. The Morgan fingerprint density at radius 1 is 1.33 bits per heavy atom. The van der Waals surface area contributed by atoms with E-state index in [1.54, 1.807) is 0 Å². The highest BCUT2D eigenvalue weighted by atomic mass is 32.1. The monoisotopic (exact) mass is 197 g/mol. The predicted octanol–water partition coefficient (Wildman–Crippen LogP) is 2.49. The van der Waals surface area contributed by atoms with Crippen LogP contribution in [0.5, 0.6) is 0 Å². The van der Waals surface area contributed by atoms with Gasteiger partial charge in [0.2, 0.25) is 0 Å². The summed E-state index contributed by atoms with van der Waals surface area (Å²) in [6, 6.07) is 3.77. The van der Waals surface area contributed by atoms with Gasteiger partial charge in [-0.2, -0.15) is 0 Å². The molecule has 1 rings (SSSR count). The summed E-state index contributed by atoms with van der Waals surface area (Å²) in [5, 5.41) is 0. The van der Waals surface area contributed by atoms with Crippen LogP contribution in [0, 0.1) is 13.8 Å². The molecule has 0 unspecified atom stereocenters. The molecule has 0 bridgehead atoms. The Morgan fingerprint density at radius 3 is 2.42 bits per heavy atom. The van der Waals surface area contributed by atoms with E-state index in [0.717, 1.165) is 22.4 Å². The highest BCUT2D eigenvalue weighted by Gasteiger charge is 2.05.